The Kier molecular flexibility index (Phi) is 8.28. The van der Waals surface area contributed by atoms with Crippen molar-refractivity contribution in [3.8, 4) is 5.75 Å². The fraction of sp³-hybridized carbons (Fsp3) is 0.344. The normalized spacial score (nSPS) is 18.6. The Bertz CT molecular complexity index is 1470. The number of aryl methyl sites for hydroxylation is 1. The SMILES string of the molecule is CC1=CC2=CC=C1C2.Cc1cc(Nc2cc(OCCN3CCNC(C)C3)cc(C(F)(F)F)c2)c2ccccc2n1. The molecular formula is C32H35F3N4O. The molecule has 1 aromatic heterocycles. The quantitative estimate of drug-likeness (QED) is 0.342. The molecule has 0 spiro atoms. The van der Waals surface area contributed by atoms with Gasteiger partial charge in [0.2, 0.25) is 0 Å². The zero-order valence-corrected chi connectivity index (χ0v) is 23.1. The Morgan fingerprint density at radius 3 is 2.60 bits per heavy atom. The lowest BCUT2D eigenvalue weighted by atomic mass is 10.1. The molecule has 210 valence electrons. The Morgan fingerprint density at radius 1 is 1.10 bits per heavy atom. The molecule has 1 atom stereocenters. The fourth-order valence-electron chi connectivity index (χ4n) is 5.28. The maximum Gasteiger partial charge on any atom is 0.416 e. The number of benzene rings is 2. The van der Waals surface area contributed by atoms with Crippen LogP contribution in [0.15, 0.2) is 83.5 Å². The van der Waals surface area contributed by atoms with E-state index in [9.17, 15) is 13.2 Å². The van der Waals surface area contributed by atoms with Crippen molar-refractivity contribution < 1.29 is 17.9 Å². The molecule has 3 aromatic rings. The second kappa shape index (κ2) is 11.9. The number of piperazine rings is 1. The van der Waals surface area contributed by atoms with Gasteiger partial charge in [-0.3, -0.25) is 9.88 Å². The van der Waals surface area contributed by atoms with Crippen molar-refractivity contribution in [3.63, 3.8) is 0 Å². The molecule has 8 heteroatoms. The number of hydrogen-bond donors (Lipinski definition) is 2. The molecule has 2 aromatic carbocycles. The number of pyridine rings is 1. The minimum absolute atomic E-state index is 0.195. The van der Waals surface area contributed by atoms with Gasteiger partial charge < -0.3 is 15.4 Å². The third-order valence-corrected chi connectivity index (χ3v) is 7.29. The van der Waals surface area contributed by atoms with E-state index in [0.29, 0.717) is 30.6 Å². The zero-order chi connectivity index (χ0) is 28.3. The standard InChI is InChI=1S/C24H27F3N4O.C8H8/c1-16-11-23(21-5-3-4-6-22(21)29-16)30-19-12-18(24(25,26)27)13-20(14-19)32-10-9-31-8-7-28-17(2)15-31;1-6-4-7-2-3-8(6)5-7/h3-6,11-14,17,28H,7-10,15H2,1-2H3,(H,29,30);2-4H,5H2,1H3. The van der Waals surface area contributed by atoms with E-state index in [1.54, 1.807) is 6.07 Å². The van der Waals surface area contributed by atoms with Crippen LogP contribution in [0.1, 0.15) is 31.5 Å². The number of hydrogen-bond acceptors (Lipinski definition) is 5. The molecule has 0 amide bonds. The Balaban J connectivity index is 0.000000341. The molecule has 1 saturated heterocycles. The van der Waals surface area contributed by atoms with Crippen LogP contribution in [0.3, 0.4) is 0 Å². The highest BCUT2D eigenvalue weighted by atomic mass is 19.4. The van der Waals surface area contributed by atoms with E-state index in [1.807, 2.05) is 37.3 Å². The highest BCUT2D eigenvalue weighted by Crippen LogP contribution is 2.36. The minimum atomic E-state index is -4.47. The van der Waals surface area contributed by atoms with Gasteiger partial charge in [0.25, 0.3) is 0 Å². The first-order chi connectivity index (χ1) is 19.1. The number of alkyl halides is 3. The number of allylic oxidation sites excluding steroid dienone is 6. The number of halogens is 3. The van der Waals surface area contributed by atoms with Crippen molar-refractivity contribution in [3.05, 3.63) is 94.7 Å². The summed E-state index contributed by atoms with van der Waals surface area (Å²) in [5, 5.41) is 7.36. The second-order valence-electron chi connectivity index (χ2n) is 10.6. The highest BCUT2D eigenvalue weighted by molar-refractivity contribution is 5.93. The summed E-state index contributed by atoms with van der Waals surface area (Å²) in [6.07, 6.45) is 3.40. The molecule has 5 nitrogen and oxygen atoms in total. The molecule has 1 aliphatic heterocycles. The summed E-state index contributed by atoms with van der Waals surface area (Å²) in [6, 6.07) is 13.5. The summed E-state index contributed by atoms with van der Waals surface area (Å²) in [7, 11) is 0. The van der Waals surface area contributed by atoms with Gasteiger partial charge in [0.1, 0.15) is 12.4 Å². The number of rotatable bonds is 6. The number of ether oxygens (including phenoxy) is 1. The lowest BCUT2D eigenvalue weighted by Gasteiger charge is -2.31. The topological polar surface area (TPSA) is 49.4 Å². The summed E-state index contributed by atoms with van der Waals surface area (Å²) in [6.45, 7) is 9.83. The average molecular weight is 549 g/mol. The van der Waals surface area contributed by atoms with Crippen LogP contribution >= 0.6 is 0 Å². The third kappa shape index (κ3) is 6.92. The van der Waals surface area contributed by atoms with Crippen LogP contribution in [0.2, 0.25) is 0 Å². The lowest BCUT2D eigenvalue weighted by molar-refractivity contribution is -0.137. The number of nitrogens with zero attached hydrogens (tertiary/aromatic N) is 2. The van der Waals surface area contributed by atoms with Gasteiger partial charge >= 0.3 is 6.18 Å². The number of fused-ring (bicyclic) bond motifs is 3. The van der Waals surface area contributed by atoms with Crippen molar-refractivity contribution in [2.45, 2.75) is 39.4 Å². The summed E-state index contributed by atoms with van der Waals surface area (Å²) >= 11 is 0. The first-order valence-corrected chi connectivity index (χ1v) is 13.7. The molecule has 2 heterocycles. The smallest absolute Gasteiger partial charge is 0.416 e. The Hall–Kier alpha value is -3.62. The van der Waals surface area contributed by atoms with Crippen LogP contribution in [-0.2, 0) is 6.18 Å². The first kappa shape index (κ1) is 27.9. The molecule has 2 N–H and O–H groups in total. The van der Waals surface area contributed by atoms with Crippen LogP contribution < -0.4 is 15.4 Å². The second-order valence-corrected chi connectivity index (χ2v) is 10.6. The zero-order valence-electron chi connectivity index (χ0n) is 23.1. The summed E-state index contributed by atoms with van der Waals surface area (Å²) < 4.78 is 46.4. The van der Waals surface area contributed by atoms with Gasteiger partial charge in [-0.1, -0.05) is 36.4 Å². The summed E-state index contributed by atoms with van der Waals surface area (Å²) in [4.78, 5) is 6.74. The van der Waals surface area contributed by atoms with E-state index in [2.05, 4.69) is 52.6 Å². The molecule has 3 aliphatic rings. The van der Waals surface area contributed by atoms with Gasteiger partial charge in [0, 0.05) is 60.7 Å². The maximum absolute atomic E-state index is 13.6. The van der Waals surface area contributed by atoms with E-state index in [0.717, 1.165) is 48.4 Å². The molecule has 40 heavy (non-hydrogen) atoms. The van der Waals surface area contributed by atoms with Crippen molar-refractivity contribution >= 4 is 22.3 Å². The minimum Gasteiger partial charge on any atom is -0.492 e. The van der Waals surface area contributed by atoms with Gasteiger partial charge in [-0.15, -0.1) is 0 Å². The van der Waals surface area contributed by atoms with Crippen molar-refractivity contribution in [2.75, 3.05) is 38.1 Å². The molecule has 0 saturated carbocycles. The molecule has 2 aliphatic carbocycles. The van der Waals surface area contributed by atoms with E-state index >= 15 is 0 Å². The number of para-hydroxylation sites is 1. The van der Waals surface area contributed by atoms with Gasteiger partial charge in [-0.25, -0.2) is 0 Å². The number of anilines is 2. The molecule has 0 radical (unpaired) electrons. The number of nitrogens with one attached hydrogen (secondary N) is 2. The van der Waals surface area contributed by atoms with E-state index < -0.39 is 11.7 Å². The van der Waals surface area contributed by atoms with Crippen LogP contribution in [-0.4, -0.2) is 48.7 Å². The summed E-state index contributed by atoms with van der Waals surface area (Å²) in [5.74, 6) is 0.195. The molecule has 6 rings (SSSR count). The van der Waals surface area contributed by atoms with Gasteiger partial charge in [-0.05, 0) is 68.2 Å². The van der Waals surface area contributed by atoms with Crippen LogP contribution in [0.25, 0.3) is 10.9 Å². The van der Waals surface area contributed by atoms with Crippen molar-refractivity contribution in [1.82, 2.24) is 15.2 Å². The largest absolute Gasteiger partial charge is 0.492 e. The van der Waals surface area contributed by atoms with Crippen LogP contribution in [0.5, 0.6) is 5.75 Å². The van der Waals surface area contributed by atoms with E-state index in [4.69, 9.17) is 4.74 Å². The predicted octanol–water partition coefficient (Wildman–Crippen LogP) is 7.18. The van der Waals surface area contributed by atoms with Crippen LogP contribution in [0, 0.1) is 6.92 Å². The predicted molar refractivity (Wildman–Crippen MR) is 155 cm³/mol. The fourth-order valence-corrected chi connectivity index (χ4v) is 5.28. The van der Waals surface area contributed by atoms with E-state index in [-0.39, 0.29) is 5.75 Å². The van der Waals surface area contributed by atoms with Gasteiger partial charge in [-0.2, -0.15) is 13.2 Å². The first-order valence-electron chi connectivity index (χ1n) is 13.7. The molecule has 1 unspecified atom stereocenters. The third-order valence-electron chi connectivity index (χ3n) is 7.29. The van der Waals surface area contributed by atoms with Gasteiger partial charge in [0.05, 0.1) is 11.1 Å². The molecular weight excluding hydrogens is 513 g/mol. The van der Waals surface area contributed by atoms with Crippen molar-refractivity contribution in [1.29, 1.82) is 0 Å². The van der Waals surface area contributed by atoms with Crippen LogP contribution in [0.4, 0.5) is 24.5 Å². The number of aromatic nitrogens is 1. The summed E-state index contributed by atoms with van der Waals surface area (Å²) in [5.41, 5.74) is 6.29. The molecule has 1 fully saturated rings. The highest BCUT2D eigenvalue weighted by Gasteiger charge is 2.31. The van der Waals surface area contributed by atoms with E-state index in [1.165, 1.54) is 23.1 Å². The monoisotopic (exact) mass is 548 g/mol. The Labute approximate surface area is 233 Å². The molecule has 2 bridgehead atoms. The van der Waals surface area contributed by atoms with Gasteiger partial charge in [0.15, 0.2) is 0 Å². The Morgan fingerprint density at radius 2 is 1.93 bits per heavy atom. The van der Waals surface area contributed by atoms with Crippen molar-refractivity contribution in [2.24, 2.45) is 0 Å². The lowest BCUT2D eigenvalue weighted by Crippen LogP contribution is -2.50. The average Bonchev–Trinajstić information content (AvgIpc) is 3.51. The maximum atomic E-state index is 13.6.